The molecule has 0 N–H and O–H groups in total. The summed E-state index contributed by atoms with van der Waals surface area (Å²) in [7, 11) is -3.18. The van der Waals surface area contributed by atoms with Gasteiger partial charge in [0.2, 0.25) is 0 Å². The summed E-state index contributed by atoms with van der Waals surface area (Å²) in [5, 5.41) is 0. The minimum Gasteiger partial charge on any atom is -0.467 e. The number of ether oxygens (including phenoxy) is 1. The van der Waals surface area contributed by atoms with Crippen molar-refractivity contribution in [1.82, 2.24) is 4.90 Å². The van der Waals surface area contributed by atoms with Crippen molar-refractivity contribution in [2.75, 3.05) is 11.5 Å². The molecule has 1 aliphatic rings. The van der Waals surface area contributed by atoms with Crippen LogP contribution in [0.4, 0.5) is 8.78 Å². The number of benzene rings is 1. The first kappa shape index (κ1) is 18.4. The van der Waals surface area contributed by atoms with Crippen molar-refractivity contribution in [2.24, 2.45) is 0 Å². The lowest BCUT2D eigenvalue weighted by atomic mass is 10.1. The molecule has 0 aliphatic carbocycles. The van der Waals surface area contributed by atoms with Gasteiger partial charge in [-0.3, -0.25) is 4.79 Å². The molecule has 6 nitrogen and oxygen atoms in total. The van der Waals surface area contributed by atoms with Crippen molar-refractivity contribution in [3.8, 4) is 5.75 Å². The molecule has 3 rings (SSSR count). The van der Waals surface area contributed by atoms with Gasteiger partial charge in [-0.25, -0.2) is 8.42 Å². The predicted octanol–water partition coefficient (Wildman–Crippen LogP) is 2.71. The lowest BCUT2D eigenvalue weighted by molar-refractivity contribution is -0.0498. The molecule has 0 saturated carbocycles. The zero-order valence-corrected chi connectivity index (χ0v) is 14.5. The highest BCUT2D eigenvalue weighted by Crippen LogP contribution is 2.23. The summed E-state index contributed by atoms with van der Waals surface area (Å²) in [5.74, 6) is -0.00254. The van der Waals surface area contributed by atoms with Gasteiger partial charge in [-0.15, -0.1) is 0 Å². The van der Waals surface area contributed by atoms with E-state index in [0.29, 0.717) is 12.2 Å². The smallest absolute Gasteiger partial charge is 0.387 e. The first-order valence-corrected chi connectivity index (χ1v) is 9.75. The van der Waals surface area contributed by atoms with E-state index in [4.69, 9.17) is 4.42 Å². The number of rotatable bonds is 6. The normalized spacial score (nSPS) is 18.8. The highest BCUT2D eigenvalue weighted by Gasteiger charge is 2.35. The first-order chi connectivity index (χ1) is 12.3. The van der Waals surface area contributed by atoms with Crippen LogP contribution < -0.4 is 4.74 Å². The maximum Gasteiger partial charge on any atom is 0.387 e. The van der Waals surface area contributed by atoms with E-state index < -0.39 is 28.4 Å². The van der Waals surface area contributed by atoms with Gasteiger partial charge in [0, 0.05) is 11.6 Å². The van der Waals surface area contributed by atoms with E-state index >= 15 is 0 Å². The number of hydrogen-bond donors (Lipinski definition) is 0. The highest BCUT2D eigenvalue weighted by molar-refractivity contribution is 7.91. The van der Waals surface area contributed by atoms with Crippen molar-refractivity contribution in [1.29, 1.82) is 0 Å². The van der Waals surface area contributed by atoms with E-state index in [0.717, 1.165) is 0 Å². The van der Waals surface area contributed by atoms with Gasteiger partial charge in [0.15, 0.2) is 9.84 Å². The molecule has 1 aliphatic heterocycles. The summed E-state index contributed by atoms with van der Waals surface area (Å²) >= 11 is 0. The third-order valence-corrected chi connectivity index (χ3v) is 5.89. The third-order valence-electron chi connectivity index (χ3n) is 4.14. The molecule has 0 bridgehead atoms. The largest absolute Gasteiger partial charge is 0.467 e. The van der Waals surface area contributed by atoms with E-state index in [2.05, 4.69) is 4.74 Å². The van der Waals surface area contributed by atoms with Crippen LogP contribution in [0.3, 0.4) is 0 Å². The average molecular weight is 385 g/mol. The Morgan fingerprint density at radius 2 is 2.00 bits per heavy atom. The number of hydrogen-bond acceptors (Lipinski definition) is 5. The summed E-state index contributed by atoms with van der Waals surface area (Å²) < 4.78 is 57.6. The lowest BCUT2D eigenvalue weighted by Gasteiger charge is -2.27. The number of alkyl halides is 2. The summed E-state index contributed by atoms with van der Waals surface area (Å²) in [6, 6.07) is 8.21. The number of halogens is 2. The topological polar surface area (TPSA) is 76.8 Å². The van der Waals surface area contributed by atoms with E-state index in [1.807, 2.05) is 0 Å². The Labute approximate surface area is 149 Å². The van der Waals surface area contributed by atoms with E-state index in [-0.39, 0.29) is 29.4 Å². The maximum absolute atomic E-state index is 12.9. The number of sulfone groups is 1. The fourth-order valence-electron chi connectivity index (χ4n) is 2.90. The Morgan fingerprint density at radius 3 is 2.54 bits per heavy atom. The molecule has 1 aromatic carbocycles. The Morgan fingerprint density at radius 1 is 1.27 bits per heavy atom. The molecular formula is C17H17F2NO5S. The van der Waals surface area contributed by atoms with E-state index in [9.17, 15) is 22.0 Å². The predicted molar refractivity (Wildman–Crippen MR) is 88.7 cm³/mol. The second kappa shape index (κ2) is 7.45. The highest BCUT2D eigenvalue weighted by atomic mass is 32.2. The van der Waals surface area contributed by atoms with Gasteiger partial charge in [-0.2, -0.15) is 8.78 Å². The summed E-state index contributed by atoms with van der Waals surface area (Å²) in [5.41, 5.74) is 0.252. The molecule has 0 spiro atoms. The molecule has 2 heterocycles. The molecule has 1 atom stereocenters. The fraction of sp³-hybridized carbons (Fsp3) is 0.353. The van der Waals surface area contributed by atoms with Crippen molar-refractivity contribution in [2.45, 2.75) is 25.6 Å². The van der Waals surface area contributed by atoms with Gasteiger partial charge in [0.05, 0.1) is 24.3 Å². The molecule has 1 unspecified atom stereocenters. The molecule has 140 valence electrons. The van der Waals surface area contributed by atoms with E-state index in [1.165, 1.54) is 35.4 Å². The quantitative estimate of drug-likeness (QED) is 0.764. The van der Waals surface area contributed by atoms with Crippen molar-refractivity contribution in [3.63, 3.8) is 0 Å². The molecule has 1 aromatic heterocycles. The molecule has 1 fully saturated rings. The van der Waals surface area contributed by atoms with Crippen LogP contribution in [0, 0.1) is 0 Å². The maximum atomic E-state index is 12.9. The Balaban J connectivity index is 1.82. The van der Waals surface area contributed by atoms with E-state index in [1.54, 1.807) is 12.1 Å². The zero-order chi connectivity index (χ0) is 18.7. The summed E-state index contributed by atoms with van der Waals surface area (Å²) in [6.45, 7) is -2.82. The van der Waals surface area contributed by atoms with Crippen LogP contribution in [-0.4, -0.2) is 43.4 Å². The van der Waals surface area contributed by atoms with Crippen molar-refractivity contribution < 1.29 is 31.1 Å². The Bertz CT molecular complexity index is 850. The minimum atomic E-state index is -3.18. The number of amides is 1. The summed E-state index contributed by atoms with van der Waals surface area (Å²) in [4.78, 5) is 14.4. The SMILES string of the molecule is O=C(c1ccc(OC(F)F)cc1)N(Cc1ccco1)C1CCS(=O)(=O)C1. The minimum absolute atomic E-state index is 0.0285. The molecular weight excluding hydrogens is 368 g/mol. The van der Waals surface area contributed by atoms with Gasteiger partial charge >= 0.3 is 6.61 Å². The van der Waals surface area contributed by atoms with Crippen LogP contribution in [0.1, 0.15) is 22.5 Å². The Hall–Kier alpha value is -2.42. The van der Waals surface area contributed by atoms with Gasteiger partial charge in [0.25, 0.3) is 5.91 Å². The van der Waals surface area contributed by atoms with Gasteiger partial charge < -0.3 is 14.1 Å². The number of nitrogens with zero attached hydrogens (tertiary/aromatic N) is 1. The van der Waals surface area contributed by atoms with Crippen LogP contribution in [0.5, 0.6) is 5.75 Å². The number of carbonyl (C=O) groups excluding carboxylic acids is 1. The first-order valence-electron chi connectivity index (χ1n) is 7.93. The molecule has 1 amide bonds. The molecule has 26 heavy (non-hydrogen) atoms. The average Bonchev–Trinajstić information content (AvgIpc) is 3.21. The second-order valence-corrected chi connectivity index (χ2v) is 8.20. The number of furan rings is 1. The third kappa shape index (κ3) is 4.40. The zero-order valence-electron chi connectivity index (χ0n) is 13.7. The summed E-state index contributed by atoms with van der Waals surface area (Å²) in [6.07, 6.45) is 1.82. The van der Waals surface area contributed by atoms with Crippen LogP contribution >= 0.6 is 0 Å². The van der Waals surface area contributed by atoms with Crippen LogP contribution in [0.15, 0.2) is 47.1 Å². The monoisotopic (exact) mass is 385 g/mol. The molecule has 1 saturated heterocycles. The molecule has 9 heteroatoms. The van der Waals surface area contributed by atoms with Crippen molar-refractivity contribution >= 4 is 15.7 Å². The van der Waals surface area contributed by atoms with Crippen LogP contribution in [0.25, 0.3) is 0 Å². The van der Waals surface area contributed by atoms with Gasteiger partial charge in [-0.05, 0) is 42.8 Å². The standard InChI is InChI=1S/C17H17F2NO5S/c18-17(19)25-14-5-3-12(4-6-14)16(21)20(10-15-2-1-8-24-15)13-7-9-26(22,23)11-13/h1-6,8,13,17H,7,9-11H2. The van der Waals surface area contributed by atoms with Crippen LogP contribution in [-0.2, 0) is 16.4 Å². The van der Waals surface area contributed by atoms with Crippen molar-refractivity contribution in [3.05, 3.63) is 54.0 Å². The van der Waals surface area contributed by atoms with Crippen LogP contribution in [0.2, 0.25) is 0 Å². The molecule has 2 aromatic rings. The fourth-order valence-corrected chi connectivity index (χ4v) is 4.63. The Kier molecular flexibility index (Phi) is 5.26. The van der Waals surface area contributed by atoms with Gasteiger partial charge in [-0.1, -0.05) is 0 Å². The lowest BCUT2D eigenvalue weighted by Crippen LogP contribution is -2.40. The number of carbonyl (C=O) groups is 1. The molecule has 0 radical (unpaired) electrons. The second-order valence-electron chi connectivity index (χ2n) is 5.97. The van der Waals surface area contributed by atoms with Gasteiger partial charge in [0.1, 0.15) is 11.5 Å².